The summed E-state index contributed by atoms with van der Waals surface area (Å²) < 4.78 is 15.2. The van der Waals surface area contributed by atoms with Crippen LogP contribution in [-0.2, 0) is 15.5 Å². The van der Waals surface area contributed by atoms with Crippen LogP contribution in [0.1, 0.15) is 6.42 Å². The number of hydrogen-bond donors (Lipinski definition) is 1. The summed E-state index contributed by atoms with van der Waals surface area (Å²) in [5, 5.41) is 2.60. The first-order valence-corrected chi connectivity index (χ1v) is 4.90. The Morgan fingerprint density at radius 2 is 2.45 bits per heavy atom. The lowest BCUT2D eigenvalue weighted by Gasteiger charge is -2.08. The van der Waals surface area contributed by atoms with E-state index in [-0.39, 0.29) is 6.04 Å². The van der Waals surface area contributed by atoms with E-state index in [1.54, 1.807) is 0 Å². The van der Waals surface area contributed by atoms with E-state index in [4.69, 9.17) is 0 Å². The lowest BCUT2D eigenvalue weighted by Crippen LogP contribution is -2.34. The van der Waals surface area contributed by atoms with Crippen molar-refractivity contribution in [3.8, 4) is 0 Å². The molecule has 5 heteroatoms. The van der Waals surface area contributed by atoms with E-state index >= 15 is 0 Å². The smallest absolute Gasteiger partial charge is 0.407 e. The summed E-state index contributed by atoms with van der Waals surface area (Å²) in [6.07, 6.45) is 0.357. The van der Waals surface area contributed by atoms with E-state index in [0.717, 1.165) is 6.42 Å². The number of rotatable bonds is 1. The highest BCUT2D eigenvalue weighted by Crippen LogP contribution is 2.06. The molecule has 0 spiro atoms. The summed E-state index contributed by atoms with van der Waals surface area (Å²) in [5.74, 6) is 1.25. The van der Waals surface area contributed by atoms with Gasteiger partial charge in [-0.2, -0.15) is 0 Å². The van der Waals surface area contributed by atoms with Crippen LogP contribution < -0.4 is 5.32 Å². The van der Waals surface area contributed by atoms with E-state index in [9.17, 15) is 9.00 Å². The molecule has 64 valence electrons. The van der Waals surface area contributed by atoms with E-state index in [0.29, 0.717) is 11.5 Å². The van der Waals surface area contributed by atoms with Crippen LogP contribution in [0.2, 0.25) is 0 Å². The zero-order chi connectivity index (χ0) is 8.27. The first-order chi connectivity index (χ1) is 5.22. The molecule has 2 unspecified atom stereocenters. The molecular weight excluding hydrogens is 166 g/mol. The largest absolute Gasteiger partial charge is 0.453 e. The summed E-state index contributed by atoms with van der Waals surface area (Å²) in [6, 6.07) is 0.0447. The molecule has 1 amide bonds. The van der Waals surface area contributed by atoms with Crippen LogP contribution in [0.4, 0.5) is 4.79 Å². The molecule has 1 N–H and O–H groups in total. The highest BCUT2D eigenvalue weighted by atomic mass is 32.2. The number of methoxy groups -OCH3 is 1. The zero-order valence-corrected chi connectivity index (χ0v) is 7.15. The first-order valence-electron chi connectivity index (χ1n) is 3.42. The number of alkyl carbamates (subject to hydrolysis) is 1. The summed E-state index contributed by atoms with van der Waals surface area (Å²) in [7, 11) is 0.579. The van der Waals surface area contributed by atoms with Gasteiger partial charge in [-0.15, -0.1) is 0 Å². The van der Waals surface area contributed by atoms with E-state index in [1.165, 1.54) is 7.11 Å². The van der Waals surface area contributed by atoms with Crippen LogP contribution in [-0.4, -0.2) is 35.0 Å². The Morgan fingerprint density at radius 3 is 2.91 bits per heavy atom. The highest BCUT2D eigenvalue weighted by Gasteiger charge is 2.22. The number of amides is 1. The van der Waals surface area contributed by atoms with Gasteiger partial charge in [0.25, 0.3) is 0 Å². The molecule has 1 fully saturated rings. The van der Waals surface area contributed by atoms with Gasteiger partial charge in [0, 0.05) is 28.3 Å². The first kappa shape index (κ1) is 8.52. The number of carbonyl (C=O) groups excluding carboxylic acids is 1. The molecule has 1 aliphatic heterocycles. The van der Waals surface area contributed by atoms with E-state index in [2.05, 4.69) is 10.1 Å². The molecule has 1 rings (SSSR count). The fourth-order valence-electron chi connectivity index (χ4n) is 1.00. The van der Waals surface area contributed by atoms with Crippen molar-refractivity contribution in [1.82, 2.24) is 5.32 Å². The molecule has 0 aromatic heterocycles. The third kappa shape index (κ3) is 2.49. The van der Waals surface area contributed by atoms with Crippen LogP contribution in [0.15, 0.2) is 0 Å². The zero-order valence-electron chi connectivity index (χ0n) is 6.33. The summed E-state index contributed by atoms with van der Waals surface area (Å²) in [6.45, 7) is 0. The van der Waals surface area contributed by atoms with Crippen LogP contribution in [0.3, 0.4) is 0 Å². The normalized spacial score (nSPS) is 29.9. The predicted octanol–water partition coefficient (Wildman–Crippen LogP) is -0.137. The van der Waals surface area contributed by atoms with Gasteiger partial charge >= 0.3 is 6.09 Å². The minimum atomic E-state index is -0.742. The Morgan fingerprint density at radius 1 is 1.73 bits per heavy atom. The second-order valence-corrected chi connectivity index (χ2v) is 4.05. The van der Waals surface area contributed by atoms with Crippen molar-refractivity contribution >= 4 is 16.9 Å². The second kappa shape index (κ2) is 3.71. The number of carbonyl (C=O) groups is 1. The summed E-state index contributed by atoms with van der Waals surface area (Å²) in [5.41, 5.74) is 0. The monoisotopic (exact) mass is 177 g/mol. The average Bonchev–Trinajstić information content (AvgIpc) is 2.35. The maximum Gasteiger partial charge on any atom is 0.407 e. The molecular formula is C6H11NO3S. The molecule has 1 aliphatic rings. The Bertz CT molecular complexity index is 183. The third-order valence-electron chi connectivity index (χ3n) is 1.59. The fourth-order valence-corrected chi connectivity index (χ4v) is 2.42. The minimum Gasteiger partial charge on any atom is -0.453 e. The molecule has 0 aromatic carbocycles. The van der Waals surface area contributed by atoms with Gasteiger partial charge in [-0.1, -0.05) is 0 Å². The van der Waals surface area contributed by atoms with Gasteiger partial charge in [0.2, 0.25) is 0 Å². The van der Waals surface area contributed by atoms with Gasteiger partial charge in [0.1, 0.15) is 0 Å². The van der Waals surface area contributed by atoms with Crippen molar-refractivity contribution < 1.29 is 13.7 Å². The van der Waals surface area contributed by atoms with Gasteiger partial charge in [-0.25, -0.2) is 4.79 Å². The van der Waals surface area contributed by atoms with E-state index < -0.39 is 16.9 Å². The molecule has 4 nitrogen and oxygen atoms in total. The number of hydrogen-bond acceptors (Lipinski definition) is 3. The maximum atomic E-state index is 10.8. The number of nitrogens with one attached hydrogen (secondary N) is 1. The summed E-state index contributed by atoms with van der Waals surface area (Å²) in [4.78, 5) is 10.6. The maximum absolute atomic E-state index is 10.8. The Balaban J connectivity index is 2.28. The molecule has 0 aromatic rings. The Kier molecular flexibility index (Phi) is 2.87. The molecule has 1 heterocycles. The van der Waals surface area contributed by atoms with Crippen molar-refractivity contribution in [3.63, 3.8) is 0 Å². The highest BCUT2D eigenvalue weighted by molar-refractivity contribution is 7.85. The van der Waals surface area contributed by atoms with Gasteiger partial charge in [-0.3, -0.25) is 4.21 Å². The topological polar surface area (TPSA) is 55.4 Å². The van der Waals surface area contributed by atoms with Crippen molar-refractivity contribution in [2.75, 3.05) is 18.6 Å². The molecule has 0 radical (unpaired) electrons. The standard InChI is InChI=1S/C6H11NO3S/c1-10-6(8)7-5-2-3-11(9)4-5/h5H,2-4H2,1H3,(H,7,8). The lowest BCUT2D eigenvalue weighted by molar-refractivity contribution is 0.167. The Hall–Kier alpha value is -0.580. The third-order valence-corrected chi connectivity index (χ3v) is 3.05. The van der Waals surface area contributed by atoms with Crippen LogP contribution >= 0.6 is 0 Å². The van der Waals surface area contributed by atoms with Crippen LogP contribution in [0, 0.1) is 0 Å². The quantitative estimate of drug-likeness (QED) is 0.606. The van der Waals surface area contributed by atoms with E-state index in [1.807, 2.05) is 0 Å². The van der Waals surface area contributed by atoms with Crippen LogP contribution in [0.5, 0.6) is 0 Å². The average molecular weight is 177 g/mol. The summed E-state index contributed by atoms with van der Waals surface area (Å²) >= 11 is 0. The molecule has 0 saturated carbocycles. The minimum absolute atomic E-state index is 0.0447. The van der Waals surface area contributed by atoms with Crippen molar-refractivity contribution in [2.24, 2.45) is 0 Å². The van der Waals surface area contributed by atoms with Crippen LogP contribution in [0.25, 0.3) is 0 Å². The molecule has 0 aliphatic carbocycles. The van der Waals surface area contributed by atoms with Gasteiger partial charge in [-0.05, 0) is 6.42 Å². The van der Waals surface area contributed by atoms with Gasteiger partial charge in [0.15, 0.2) is 0 Å². The van der Waals surface area contributed by atoms with Gasteiger partial charge < -0.3 is 10.1 Å². The fraction of sp³-hybridized carbons (Fsp3) is 0.833. The SMILES string of the molecule is COC(=O)NC1CCS(=O)C1. The van der Waals surface area contributed by atoms with Crippen molar-refractivity contribution in [1.29, 1.82) is 0 Å². The molecule has 1 saturated heterocycles. The van der Waals surface area contributed by atoms with Crippen molar-refractivity contribution in [3.05, 3.63) is 0 Å². The Labute approximate surface area is 67.8 Å². The van der Waals surface area contributed by atoms with Gasteiger partial charge in [0.05, 0.1) is 7.11 Å². The molecule has 11 heavy (non-hydrogen) atoms. The lowest BCUT2D eigenvalue weighted by atomic mass is 10.3. The molecule has 2 atom stereocenters. The second-order valence-electron chi connectivity index (χ2n) is 2.43. The number of ether oxygens (including phenoxy) is 1. The van der Waals surface area contributed by atoms with Crippen molar-refractivity contribution in [2.45, 2.75) is 12.5 Å². The predicted molar refractivity (Wildman–Crippen MR) is 41.8 cm³/mol. The molecule has 0 bridgehead atoms.